The van der Waals surface area contributed by atoms with Crippen LogP contribution in [0.25, 0.3) is 0 Å². The van der Waals surface area contributed by atoms with E-state index in [1.807, 2.05) is 0 Å². The number of alkyl halides is 1. The van der Waals surface area contributed by atoms with Crippen molar-refractivity contribution in [2.75, 3.05) is 0 Å². The SMILES string of the molecule is CC(=O)CCCCCC(=O)C1(F)C#CCCCCC1. The van der Waals surface area contributed by atoms with Gasteiger partial charge in [-0.2, -0.15) is 0 Å². The molecule has 1 atom stereocenters. The van der Waals surface area contributed by atoms with Crippen molar-refractivity contribution < 1.29 is 14.0 Å². The van der Waals surface area contributed by atoms with Gasteiger partial charge in [0.15, 0.2) is 5.78 Å². The van der Waals surface area contributed by atoms with E-state index in [4.69, 9.17) is 0 Å². The second-order valence-electron chi connectivity index (χ2n) is 5.35. The van der Waals surface area contributed by atoms with Crippen molar-refractivity contribution in [1.82, 2.24) is 0 Å². The van der Waals surface area contributed by atoms with Gasteiger partial charge in [0, 0.05) is 25.7 Å². The van der Waals surface area contributed by atoms with E-state index in [0.29, 0.717) is 19.3 Å². The summed E-state index contributed by atoms with van der Waals surface area (Å²) in [5.41, 5.74) is -1.92. The molecule has 19 heavy (non-hydrogen) atoms. The number of hydrogen-bond donors (Lipinski definition) is 0. The van der Waals surface area contributed by atoms with E-state index in [2.05, 4.69) is 11.8 Å². The highest BCUT2D eigenvalue weighted by Crippen LogP contribution is 2.25. The van der Waals surface area contributed by atoms with Gasteiger partial charge in [-0.3, -0.25) is 4.79 Å². The summed E-state index contributed by atoms with van der Waals surface area (Å²) in [6.45, 7) is 1.56. The first-order valence-corrected chi connectivity index (χ1v) is 7.26. The lowest BCUT2D eigenvalue weighted by atomic mass is 9.89. The van der Waals surface area contributed by atoms with Crippen molar-refractivity contribution in [2.24, 2.45) is 0 Å². The first-order chi connectivity index (χ1) is 9.04. The lowest BCUT2D eigenvalue weighted by Gasteiger charge is -2.19. The molecule has 106 valence electrons. The Morgan fingerprint density at radius 3 is 2.58 bits per heavy atom. The number of hydrogen-bond acceptors (Lipinski definition) is 2. The maximum Gasteiger partial charge on any atom is 0.228 e. The highest BCUT2D eigenvalue weighted by molar-refractivity contribution is 5.90. The Labute approximate surface area is 115 Å². The van der Waals surface area contributed by atoms with Gasteiger partial charge in [0.25, 0.3) is 0 Å². The van der Waals surface area contributed by atoms with Crippen LogP contribution in [0.2, 0.25) is 0 Å². The molecular formula is C16H23FO2. The average Bonchev–Trinajstić information content (AvgIpc) is 2.33. The molecule has 1 unspecified atom stereocenters. The predicted molar refractivity (Wildman–Crippen MR) is 73.5 cm³/mol. The van der Waals surface area contributed by atoms with Gasteiger partial charge in [-0.15, -0.1) is 0 Å². The van der Waals surface area contributed by atoms with E-state index in [1.54, 1.807) is 6.92 Å². The van der Waals surface area contributed by atoms with Crippen LogP contribution in [-0.2, 0) is 9.59 Å². The summed E-state index contributed by atoms with van der Waals surface area (Å²) in [5, 5.41) is 0. The van der Waals surface area contributed by atoms with Crippen LogP contribution >= 0.6 is 0 Å². The predicted octanol–water partition coefficient (Wildman–Crippen LogP) is 3.77. The molecule has 0 saturated carbocycles. The molecule has 0 aromatic carbocycles. The fourth-order valence-electron chi connectivity index (χ4n) is 2.27. The van der Waals surface area contributed by atoms with E-state index in [1.165, 1.54) is 0 Å². The summed E-state index contributed by atoms with van der Waals surface area (Å²) in [6, 6.07) is 0. The van der Waals surface area contributed by atoms with Crippen molar-refractivity contribution >= 4 is 11.6 Å². The number of unbranched alkanes of at least 4 members (excludes halogenated alkanes) is 2. The molecule has 0 amide bonds. The van der Waals surface area contributed by atoms with Crippen molar-refractivity contribution in [3.05, 3.63) is 0 Å². The normalized spacial score (nSPS) is 22.8. The Morgan fingerprint density at radius 2 is 1.84 bits per heavy atom. The number of carbonyl (C=O) groups excluding carboxylic acids is 2. The molecule has 0 radical (unpaired) electrons. The third-order valence-corrected chi connectivity index (χ3v) is 3.48. The van der Waals surface area contributed by atoms with Gasteiger partial charge in [0.1, 0.15) is 5.78 Å². The van der Waals surface area contributed by atoms with Gasteiger partial charge in [0.05, 0.1) is 0 Å². The first-order valence-electron chi connectivity index (χ1n) is 7.26. The third kappa shape index (κ3) is 6.00. The van der Waals surface area contributed by atoms with Crippen LogP contribution in [0.1, 0.15) is 71.1 Å². The van der Waals surface area contributed by atoms with E-state index in [9.17, 15) is 14.0 Å². The lowest BCUT2D eigenvalue weighted by Crippen LogP contribution is -2.32. The number of rotatable bonds is 7. The van der Waals surface area contributed by atoms with Gasteiger partial charge in [-0.1, -0.05) is 24.7 Å². The fourth-order valence-corrected chi connectivity index (χ4v) is 2.27. The molecule has 0 aromatic rings. The monoisotopic (exact) mass is 266 g/mol. The van der Waals surface area contributed by atoms with Gasteiger partial charge < -0.3 is 4.79 Å². The highest BCUT2D eigenvalue weighted by atomic mass is 19.1. The van der Waals surface area contributed by atoms with Crippen molar-refractivity contribution in [3.8, 4) is 11.8 Å². The Morgan fingerprint density at radius 1 is 1.11 bits per heavy atom. The summed E-state index contributed by atoms with van der Waals surface area (Å²) < 4.78 is 14.5. The van der Waals surface area contributed by atoms with Gasteiger partial charge >= 0.3 is 0 Å². The molecule has 0 N–H and O–H groups in total. The number of ketones is 2. The van der Waals surface area contributed by atoms with Gasteiger partial charge in [0.2, 0.25) is 5.67 Å². The van der Waals surface area contributed by atoms with Crippen molar-refractivity contribution in [3.63, 3.8) is 0 Å². The molecule has 1 aliphatic carbocycles. The first kappa shape index (κ1) is 15.9. The van der Waals surface area contributed by atoms with Gasteiger partial charge in [-0.25, -0.2) is 4.39 Å². The largest absolute Gasteiger partial charge is 0.300 e. The minimum Gasteiger partial charge on any atom is -0.300 e. The third-order valence-electron chi connectivity index (χ3n) is 3.48. The van der Waals surface area contributed by atoms with Crippen LogP contribution in [0.15, 0.2) is 0 Å². The van der Waals surface area contributed by atoms with Crippen molar-refractivity contribution in [2.45, 2.75) is 76.8 Å². The maximum atomic E-state index is 14.5. The molecule has 0 heterocycles. The van der Waals surface area contributed by atoms with Crippen LogP contribution in [-0.4, -0.2) is 17.2 Å². The summed E-state index contributed by atoms with van der Waals surface area (Å²) in [4.78, 5) is 22.7. The molecule has 0 aromatic heterocycles. The Balaban J connectivity index is 2.36. The standard InChI is InChI=1S/C16H23FO2/c1-14(18)10-6-5-7-11-15(19)16(17)12-8-3-2-4-9-13-16/h2-8,10-12H2,1H3. The van der Waals surface area contributed by atoms with E-state index in [0.717, 1.165) is 32.1 Å². The second kappa shape index (κ2) is 8.09. The smallest absolute Gasteiger partial charge is 0.228 e. The number of halogens is 1. The lowest BCUT2D eigenvalue weighted by molar-refractivity contribution is -0.127. The zero-order chi connectivity index (χ0) is 14.1. The molecule has 3 heteroatoms. The molecule has 0 spiro atoms. The quantitative estimate of drug-likeness (QED) is 0.519. The van der Waals surface area contributed by atoms with Crippen LogP contribution in [0.3, 0.4) is 0 Å². The molecule has 1 aliphatic rings. The van der Waals surface area contributed by atoms with Crippen LogP contribution in [0.5, 0.6) is 0 Å². The van der Waals surface area contributed by atoms with E-state index in [-0.39, 0.29) is 24.4 Å². The van der Waals surface area contributed by atoms with Gasteiger partial charge in [-0.05, 0) is 32.6 Å². The number of carbonyl (C=O) groups is 2. The molecule has 0 aliphatic heterocycles. The second-order valence-corrected chi connectivity index (χ2v) is 5.35. The van der Waals surface area contributed by atoms with Crippen LogP contribution in [0.4, 0.5) is 4.39 Å². The molecule has 0 fully saturated rings. The van der Waals surface area contributed by atoms with E-state index < -0.39 is 5.67 Å². The minimum absolute atomic E-state index is 0.166. The molecule has 0 bridgehead atoms. The summed E-state index contributed by atoms with van der Waals surface area (Å²) in [6.07, 6.45) is 6.65. The summed E-state index contributed by atoms with van der Waals surface area (Å²) >= 11 is 0. The maximum absolute atomic E-state index is 14.5. The minimum atomic E-state index is -1.92. The van der Waals surface area contributed by atoms with Crippen LogP contribution < -0.4 is 0 Å². The topological polar surface area (TPSA) is 34.1 Å². The van der Waals surface area contributed by atoms with Crippen molar-refractivity contribution in [1.29, 1.82) is 0 Å². The van der Waals surface area contributed by atoms with Crippen LogP contribution in [0, 0.1) is 11.8 Å². The fraction of sp³-hybridized carbons (Fsp3) is 0.750. The summed E-state index contributed by atoms with van der Waals surface area (Å²) in [7, 11) is 0. The Hall–Kier alpha value is -1.17. The zero-order valence-electron chi connectivity index (χ0n) is 11.8. The highest BCUT2D eigenvalue weighted by Gasteiger charge is 2.35. The molecule has 2 nitrogen and oxygen atoms in total. The van der Waals surface area contributed by atoms with E-state index >= 15 is 0 Å². The molecule has 1 rings (SSSR count). The average molecular weight is 266 g/mol. The Bertz CT molecular complexity index is 378. The molecule has 0 saturated heterocycles. The summed E-state index contributed by atoms with van der Waals surface area (Å²) in [5.74, 6) is 5.12. The Kier molecular flexibility index (Phi) is 6.77. The zero-order valence-corrected chi connectivity index (χ0v) is 11.8. The molecular weight excluding hydrogens is 243 g/mol. The number of Topliss-reactive ketones (excluding diaryl/α,β-unsaturated/α-hetero) is 2.